The molecule has 3 heteroatoms. The molecule has 0 amide bonds. The number of hydrogen-bond acceptors (Lipinski definition) is 3. The largest absolute Gasteiger partial charge is 0.309 e. The second-order valence-corrected chi connectivity index (χ2v) is 5.58. The molecule has 1 aliphatic heterocycles. The molecule has 3 nitrogen and oxygen atoms in total. The third-order valence-electron chi connectivity index (χ3n) is 3.73. The Bertz CT molecular complexity index is 359. The maximum atomic E-state index is 4.43. The minimum Gasteiger partial charge on any atom is -0.309 e. The molecule has 0 aromatic carbocycles. The lowest BCUT2D eigenvalue weighted by Crippen LogP contribution is -2.27. The zero-order valence-corrected chi connectivity index (χ0v) is 11.9. The van der Waals surface area contributed by atoms with Crippen LogP contribution in [-0.4, -0.2) is 48.5 Å². The number of aryl methyl sites for hydroxylation is 1. The van der Waals surface area contributed by atoms with Gasteiger partial charge in [0, 0.05) is 17.9 Å². The van der Waals surface area contributed by atoms with Crippen LogP contribution in [-0.2, 0) is 0 Å². The van der Waals surface area contributed by atoms with E-state index in [-0.39, 0.29) is 0 Å². The maximum absolute atomic E-state index is 4.43. The lowest BCUT2D eigenvalue weighted by atomic mass is 10.1. The molecule has 1 atom stereocenters. The number of pyridine rings is 1. The van der Waals surface area contributed by atoms with Crippen molar-refractivity contribution >= 4 is 0 Å². The predicted molar refractivity (Wildman–Crippen MR) is 75.7 cm³/mol. The molecule has 1 aromatic heterocycles. The normalized spacial score (nSPS) is 20.8. The van der Waals surface area contributed by atoms with Gasteiger partial charge >= 0.3 is 0 Å². The van der Waals surface area contributed by atoms with Gasteiger partial charge in [-0.05, 0) is 71.5 Å². The standard InChI is InChI=1S/C15H25N3/c1-13-7-8-14(12-16-13)15-6-4-10-18(15)11-5-9-17(2)3/h7-8,12,15H,4-6,9-11H2,1-3H3. The zero-order valence-electron chi connectivity index (χ0n) is 11.9. The van der Waals surface area contributed by atoms with E-state index in [1.165, 1.54) is 44.5 Å². The second kappa shape index (κ2) is 6.30. The van der Waals surface area contributed by atoms with Gasteiger partial charge in [0.05, 0.1) is 0 Å². The molecule has 0 N–H and O–H groups in total. The molecule has 1 unspecified atom stereocenters. The summed E-state index contributed by atoms with van der Waals surface area (Å²) >= 11 is 0. The highest BCUT2D eigenvalue weighted by molar-refractivity contribution is 5.18. The highest BCUT2D eigenvalue weighted by Crippen LogP contribution is 2.31. The lowest BCUT2D eigenvalue weighted by molar-refractivity contribution is 0.240. The summed E-state index contributed by atoms with van der Waals surface area (Å²) < 4.78 is 0. The van der Waals surface area contributed by atoms with E-state index in [1.807, 2.05) is 6.92 Å². The molecule has 0 radical (unpaired) electrons. The van der Waals surface area contributed by atoms with Gasteiger partial charge in [0.15, 0.2) is 0 Å². The number of rotatable bonds is 5. The summed E-state index contributed by atoms with van der Waals surface area (Å²) in [5.41, 5.74) is 2.50. The minimum atomic E-state index is 0.597. The Morgan fingerprint density at radius 3 is 2.89 bits per heavy atom. The number of hydrogen-bond donors (Lipinski definition) is 0. The molecule has 0 spiro atoms. The molecule has 0 bridgehead atoms. The molecule has 0 aliphatic carbocycles. The van der Waals surface area contributed by atoms with Crippen LogP contribution in [0.2, 0.25) is 0 Å². The fourth-order valence-electron chi connectivity index (χ4n) is 2.74. The fourth-order valence-corrected chi connectivity index (χ4v) is 2.74. The van der Waals surface area contributed by atoms with Crippen molar-refractivity contribution in [1.82, 2.24) is 14.8 Å². The third kappa shape index (κ3) is 3.53. The summed E-state index contributed by atoms with van der Waals surface area (Å²) in [5.74, 6) is 0. The quantitative estimate of drug-likeness (QED) is 0.797. The highest BCUT2D eigenvalue weighted by Gasteiger charge is 2.25. The van der Waals surface area contributed by atoms with E-state index in [0.717, 1.165) is 5.69 Å². The van der Waals surface area contributed by atoms with Crippen LogP contribution in [0.3, 0.4) is 0 Å². The molecule has 2 rings (SSSR count). The molecule has 2 heterocycles. The van der Waals surface area contributed by atoms with Gasteiger partial charge in [-0.1, -0.05) is 6.07 Å². The summed E-state index contributed by atoms with van der Waals surface area (Å²) in [6.45, 7) is 5.67. The lowest BCUT2D eigenvalue weighted by Gasteiger charge is -2.25. The first-order valence-electron chi connectivity index (χ1n) is 6.98. The summed E-state index contributed by atoms with van der Waals surface area (Å²) in [6.07, 6.45) is 5.92. The van der Waals surface area contributed by atoms with Crippen molar-refractivity contribution in [3.63, 3.8) is 0 Å². The monoisotopic (exact) mass is 247 g/mol. The Kier molecular flexibility index (Phi) is 4.72. The molecule has 100 valence electrons. The first-order chi connectivity index (χ1) is 8.66. The molecule has 0 saturated carbocycles. The SMILES string of the molecule is Cc1ccc(C2CCCN2CCCN(C)C)cn1. The summed E-state index contributed by atoms with van der Waals surface area (Å²) in [7, 11) is 4.29. The summed E-state index contributed by atoms with van der Waals surface area (Å²) in [6, 6.07) is 4.98. The van der Waals surface area contributed by atoms with Crippen LogP contribution in [0.4, 0.5) is 0 Å². The van der Waals surface area contributed by atoms with Crippen LogP contribution < -0.4 is 0 Å². The van der Waals surface area contributed by atoms with Crippen LogP contribution in [0.5, 0.6) is 0 Å². The Balaban J connectivity index is 1.92. The van der Waals surface area contributed by atoms with Crippen LogP contribution >= 0.6 is 0 Å². The number of nitrogens with zero attached hydrogens (tertiary/aromatic N) is 3. The van der Waals surface area contributed by atoms with Crippen molar-refractivity contribution < 1.29 is 0 Å². The molecule has 1 aliphatic rings. The van der Waals surface area contributed by atoms with E-state index in [2.05, 4.69) is 47.2 Å². The first kappa shape index (κ1) is 13.5. The van der Waals surface area contributed by atoms with Gasteiger partial charge in [0.1, 0.15) is 0 Å². The average Bonchev–Trinajstić information content (AvgIpc) is 2.78. The van der Waals surface area contributed by atoms with E-state index >= 15 is 0 Å². The van der Waals surface area contributed by atoms with Gasteiger partial charge in [-0.15, -0.1) is 0 Å². The van der Waals surface area contributed by atoms with Gasteiger partial charge < -0.3 is 4.90 Å². The van der Waals surface area contributed by atoms with E-state index in [0.29, 0.717) is 6.04 Å². The number of aromatic nitrogens is 1. The van der Waals surface area contributed by atoms with E-state index in [1.54, 1.807) is 0 Å². The van der Waals surface area contributed by atoms with E-state index in [9.17, 15) is 0 Å². The predicted octanol–water partition coefficient (Wildman–Crippen LogP) is 2.48. The number of likely N-dealkylation sites (tertiary alicyclic amines) is 1. The second-order valence-electron chi connectivity index (χ2n) is 5.58. The third-order valence-corrected chi connectivity index (χ3v) is 3.73. The first-order valence-corrected chi connectivity index (χ1v) is 6.98. The Labute approximate surface area is 111 Å². The zero-order chi connectivity index (χ0) is 13.0. The molecule has 1 fully saturated rings. The van der Waals surface area contributed by atoms with Gasteiger partial charge in [-0.25, -0.2) is 0 Å². The van der Waals surface area contributed by atoms with Crippen molar-refractivity contribution in [1.29, 1.82) is 0 Å². The van der Waals surface area contributed by atoms with Crippen LogP contribution in [0.25, 0.3) is 0 Å². The van der Waals surface area contributed by atoms with Crippen LogP contribution in [0.1, 0.15) is 36.6 Å². The molecule has 18 heavy (non-hydrogen) atoms. The van der Waals surface area contributed by atoms with Crippen LogP contribution in [0, 0.1) is 6.92 Å². The van der Waals surface area contributed by atoms with Crippen molar-refractivity contribution in [3.05, 3.63) is 29.6 Å². The van der Waals surface area contributed by atoms with Crippen molar-refractivity contribution in [2.24, 2.45) is 0 Å². The Morgan fingerprint density at radius 1 is 1.39 bits per heavy atom. The molecular formula is C15H25N3. The van der Waals surface area contributed by atoms with Gasteiger partial charge in [-0.2, -0.15) is 0 Å². The van der Waals surface area contributed by atoms with Crippen molar-refractivity contribution in [2.75, 3.05) is 33.7 Å². The summed E-state index contributed by atoms with van der Waals surface area (Å²) in [5, 5.41) is 0. The maximum Gasteiger partial charge on any atom is 0.0372 e. The molecular weight excluding hydrogens is 222 g/mol. The van der Waals surface area contributed by atoms with Gasteiger partial charge in [0.25, 0.3) is 0 Å². The Hall–Kier alpha value is -0.930. The average molecular weight is 247 g/mol. The van der Waals surface area contributed by atoms with Crippen LogP contribution in [0.15, 0.2) is 18.3 Å². The van der Waals surface area contributed by atoms with Gasteiger partial charge in [-0.3, -0.25) is 9.88 Å². The van der Waals surface area contributed by atoms with Crippen molar-refractivity contribution in [2.45, 2.75) is 32.2 Å². The van der Waals surface area contributed by atoms with E-state index in [4.69, 9.17) is 0 Å². The van der Waals surface area contributed by atoms with Crippen molar-refractivity contribution in [3.8, 4) is 0 Å². The minimum absolute atomic E-state index is 0.597. The molecule has 1 saturated heterocycles. The van der Waals surface area contributed by atoms with E-state index < -0.39 is 0 Å². The highest BCUT2D eigenvalue weighted by atomic mass is 15.2. The van der Waals surface area contributed by atoms with Gasteiger partial charge in [0.2, 0.25) is 0 Å². The fraction of sp³-hybridized carbons (Fsp3) is 0.667. The smallest absolute Gasteiger partial charge is 0.0372 e. The topological polar surface area (TPSA) is 19.4 Å². The molecule has 1 aromatic rings. The Morgan fingerprint density at radius 2 is 2.22 bits per heavy atom. The summed E-state index contributed by atoms with van der Waals surface area (Å²) in [4.78, 5) is 9.32.